The number of piperidine rings is 1. The largest absolute Gasteiger partial charge is 0.417 e. The van der Waals surface area contributed by atoms with E-state index in [1.54, 1.807) is 0 Å². The summed E-state index contributed by atoms with van der Waals surface area (Å²) < 4.78 is 40.3. The van der Waals surface area contributed by atoms with Crippen LogP contribution >= 0.6 is 0 Å². The van der Waals surface area contributed by atoms with Crippen molar-refractivity contribution in [3.63, 3.8) is 0 Å². The number of nitrogens with two attached hydrogens (primary N) is 1. The Morgan fingerprint density at radius 1 is 1.24 bits per heavy atom. The molecule has 10 heteroatoms. The van der Waals surface area contributed by atoms with Crippen molar-refractivity contribution in [2.75, 3.05) is 0 Å². The highest BCUT2D eigenvalue weighted by molar-refractivity contribution is 6.08. The summed E-state index contributed by atoms with van der Waals surface area (Å²) in [6.45, 7) is -0.220. The van der Waals surface area contributed by atoms with Gasteiger partial charge in [0.1, 0.15) is 6.04 Å². The van der Waals surface area contributed by atoms with Gasteiger partial charge in [0, 0.05) is 13.0 Å². The minimum Gasteiger partial charge on any atom is -0.366 e. The summed E-state index contributed by atoms with van der Waals surface area (Å²) in [7, 11) is 0. The van der Waals surface area contributed by atoms with Crippen LogP contribution in [0.15, 0.2) is 12.1 Å². The number of carbonyl (C=O) groups excluding carboxylic acids is 4. The van der Waals surface area contributed by atoms with E-state index in [1.807, 2.05) is 0 Å². The monoisotopic (exact) mass is 355 g/mol. The number of nitrogens with zero attached hydrogens (tertiary/aromatic N) is 1. The lowest BCUT2D eigenvalue weighted by atomic mass is 9.96. The van der Waals surface area contributed by atoms with Crippen LogP contribution in [0.25, 0.3) is 0 Å². The van der Waals surface area contributed by atoms with Gasteiger partial charge in [0.15, 0.2) is 0 Å². The van der Waals surface area contributed by atoms with Crippen LogP contribution in [-0.2, 0) is 22.3 Å². The summed E-state index contributed by atoms with van der Waals surface area (Å²) in [5.41, 5.74) is 2.18. The van der Waals surface area contributed by atoms with Gasteiger partial charge in [-0.2, -0.15) is 13.2 Å². The van der Waals surface area contributed by atoms with Crippen molar-refractivity contribution in [3.05, 3.63) is 34.4 Å². The molecule has 0 aliphatic carbocycles. The Labute approximate surface area is 138 Å². The van der Waals surface area contributed by atoms with Crippen LogP contribution in [0.5, 0.6) is 0 Å². The molecule has 0 spiro atoms. The lowest BCUT2D eigenvalue weighted by molar-refractivity contribution is -0.138. The van der Waals surface area contributed by atoms with Crippen molar-refractivity contribution < 1.29 is 32.3 Å². The number of nitrogens with one attached hydrogen (secondary N) is 1. The van der Waals surface area contributed by atoms with E-state index in [0.717, 1.165) is 11.0 Å². The highest BCUT2D eigenvalue weighted by Crippen LogP contribution is 2.40. The van der Waals surface area contributed by atoms with E-state index < -0.39 is 52.5 Å². The topological polar surface area (TPSA) is 110 Å². The minimum atomic E-state index is -4.97. The van der Waals surface area contributed by atoms with Crippen LogP contribution in [-0.4, -0.2) is 34.6 Å². The average molecular weight is 355 g/mol. The third-order valence-electron chi connectivity index (χ3n) is 4.24. The molecule has 1 aromatic rings. The average Bonchev–Trinajstić information content (AvgIpc) is 2.82. The molecule has 25 heavy (non-hydrogen) atoms. The fraction of sp³-hybridized carbons (Fsp3) is 0.333. The Bertz CT molecular complexity index is 819. The third-order valence-corrected chi connectivity index (χ3v) is 4.24. The Morgan fingerprint density at radius 2 is 1.92 bits per heavy atom. The van der Waals surface area contributed by atoms with Gasteiger partial charge in [-0.05, 0) is 18.1 Å². The summed E-state index contributed by atoms with van der Waals surface area (Å²) in [6.07, 6.45) is -4.96. The maximum atomic E-state index is 13.4. The fourth-order valence-corrected chi connectivity index (χ4v) is 3.15. The quantitative estimate of drug-likeness (QED) is 0.756. The van der Waals surface area contributed by atoms with Gasteiger partial charge in [-0.1, -0.05) is 6.07 Å². The second-order valence-corrected chi connectivity index (χ2v) is 5.78. The van der Waals surface area contributed by atoms with Gasteiger partial charge in [0.2, 0.25) is 17.7 Å². The van der Waals surface area contributed by atoms with E-state index in [2.05, 4.69) is 5.32 Å². The number of alkyl halides is 3. The first-order chi connectivity index (χ1) is 11.6. The van der Waals surface area contributed by atoms with Crippen molar-refractivity contribution >= 4 is 23.6 Å². The Hall–Kier alpha value is -2.91. The van der Waals surface area contributed by atoms with Gasteiger partial charge >= 0.3 is 6.18 Å². The maximum absolute atomic E-state index is 13.4. The molecule has 3 rings (SSSR count). The molecule has 3 N–H and O–H groups in total. The predicted molar refractivity (Wildman–Crippen MR) is 76.0 cm³/mol. The fourth-order valence-electron chi connectivity index (χ4n) is 3.15. The zero-order valence-corrected chi connectivity index (χ0v) is 12.6. The number of carbonyl (C=O) groups is 4. The molecule has 1 aromatic carbocycles. The summed E-state index contributed by atoms with van der Waals surface area (Å²) >= 11 is 0. The first-order valence-corrected chi connectivity index (χ1v) is 7.28. The Kier molecular flexibility index (Phi) is 3.77. The number of hydrogen-bond donors (Lipinski definition) is 2. The van der Waals surface area contributed by atoms with Crippen LogP contribution in [0.1, 0.15) is 44.7 Å². The molecule has 2 aliphatic heterocycles. The van der Waals surface area contributed by atoms with E-state index in [4.69, 9.17) is 5.73 Å². The highest BCUT2D eigenvalue weighted by Gasteiger charge is 2.46. The first kappa shape index (κ1) is 16.9. The molecule has 1 fully saturated rings. The zero-order valence-electron chi connectivity index (χ0n) is 12.6. The summed E-state index contributed by atoms with van der Waals surface area (Å²) in [6, 6.07) is 1.09. The van der Waals surface area contributed by atoms with Crippen molar-refractivity contribution in [1.29, 1.82) is 0 Å². The summed E-state index contributed by atoms with van der Waals surface area (Å²) in [5, 5.41) is 2.06. The molecular weight excluding hydrogens is 343 g/mol. The summed E-state index contributed by atoms with van der Waals surface area (Å²) in [4.78, 5) is 48.0. The first-order valence-electron chi connectivity index (χ1n) is 7.28. The maximum Gasteiger partial charge on any atom is 0.417 e. The highest BCUT2D eigenvalue weighted by atomic mass is 19.4. The van der Waals surface area contributed by atoms with E-state index in [1.165, 1.54) is 6.07 Å². The molecule has 1 unspecified atom stereocenters. The van der Waals surface area contributed by atoms with Gasteiger partial charge in [0.05, 0.1) is 16.7 Å². The molecule has 0 aromatic heterocycles. The number of hydrogen-bond acceptors (Lipinski definition) is 4. The van der Waals surface area contributed by atoms with Crippen molar-refractivity contribution in [2.45, 2.75) is 31.6 Å². The van der Waals surface area contributed by atoms with Crippen molar-refractivity contribution in [1.82, 2.24) is 10.2 Å². The van der Waals surface area contributed by atoms with Crippen molar-refractivity contribution in [3.8, 4) is 0 Å². The number of imide groups is 1. The SMILES string of the molecule is NC(=O)c1ccc2c(c1C(F)(F)F)C(=O)N(C1CCC(=O)NC1=O)C2. The van der Waals surface area contributed by atoms with Crippen molar-refractivity contribution in [2.24, 2.45) is 5.73 Å². The number of fused-ring (bicyclic) bond motifs is 1. The second kappa shape index (κ2) is 5.57. The predicted octanol–water partition coefficient (Wildman–Crippen LogP) is 0.565. The second-order valence-electron chi connectivity index (χ2n) is 5.78. The number of benzene rings is 1. The number of rotatable bonds is 2. The molecular formula is C15H12F3N3O4. The molecule has 132 valence electrons. The normalized spacial score (nSPS) is 20.5. The summed E-state index contributed by atoms with van der Waals surface area (Å²) in [5.74, 6) is -3.55. The van der Waals surface area contributed by atoms with E-state index in [9.17, 15) is 32.3 Å². The number of primary amides is 1. The van der Waals surface area contributed by atoms with E-state index >= 15 is 0 Å². The van der Waals surface area contributed by atoms with Crippen LogP contribution in [0.3, 0.4) is 0 Å². The van der Waals surface area contributed by atoms with Gasteiger partial charge < -0.3 is 10.6 Å². The van der Waals surface area contributed by atoms with Gasteiger partial charge in [-0.25, -0.2) is 0 Å². The molecule has 4 amide bonds. The van der Waals surface area contributed by atoms with E-state index in [0.29, 0.717) is 0 Å². The van der Waals surface area contributed by atoms with Gasteiger partial charge in [-0.15, -0.1) is 0 Å². The van der Waals surface area contributed by atoms with Crippen LogP contribution in [0.2, 0.25) is 0 Å². The number of amides is 4. The smallest absolute Gasteiger partial charge is 0.366 e. The zero-order chi connectivity index (χ0) is 18.5. The lowest BCUT2D eigenvalue weighted by Gasteiger charge is -2.29. The Balaban J connectivity index is 2.06. The van der Waals surface area contributed by atoms with Gasteiger partial charge in [0.25, 0.3) is 5.91 Å². The lowest BCUT2D eigenvalue weighted by Crippen LogP contribution is -2.52. The molecule has 0 radical (unpaired) electrons. The molecule has 1 atom stereocenters. The number of halogens is 3. The molecule has 1 saturated heterocycles. The van der Waals surface area contributed by atoms with Crippen LogP contribution in [0.4, 0.5) is 13.2 Å². The minimum absolute atomic E-state index is 0.0187. The molecule has 0 saturated carbocycles. The standard InChI is InChI=1S/C15H12F3N3O4/c16-15(17,18)11-7(12(19)23)2-1-6-5-21(14(25)10(6)11)8-3-4-9(22)20-13(8)24/h1-2,8H,3-5H2,(H2,19,23)(H,20,22,24). The van der Waals surface area contributed by atoms with Crippen LogP contribution < -0.4 is 11.1 Å². The molecule has 2 heterocycles. The molecule has 0 bridgehead atoms. The molecule has 7 nitrogen and oxygen atoms in total. The van der Waals surface area contributed by atoms with Crippen LogP contribution in [0, 0.1) is 0 Å². The van der Waals surface area contributed by atoms with E-state index in [-0.39, 0.29) is 24.9 Å². The Morgan fingerprint density at radius 3 is 2.48 bits per heavy atom. The third kappa shape index (κ3) is 2.73. The van der Waals surface area contributed by atoms with Gasteiger partial charge in [-0.3, -0.25) is 24.5 Å². The molecule has 2 aliphatic rings.